The molecular formula is C57H92O6. The minimum atomic E-state index is -0.811. The standard InChI is InChI=1S/C57H92O6/c1-4-7-10-13-16-19-22-25-28-31-34-37-40-43-46-49-55(58)61-52-54(63-57(60)51-48-45-42-39-36-33-30-27-24-21-18-15-12-9-6-3)53-62-56(59)50-47-44-41-38-35-32-29-26-23-20-17-14-11-8-5-2/h7,9-10,12,16-21,25-30,34,37,54H,4-6,8,11,13-15,22-24,31-33,35-36,38-53H2,1-3H3/b10-7-,12-9-,19-16-,20-17-,21-18-,28-25-,29-26-,30-27-,37-34-/t54-/m1/s1. The molecule has 0 saturated heterocycles. The lowest BCUT2D eigenvalue weighted by molar-refractivity contribution is -0.167. The third-order valence-corrected chi connectivity index (χ3v) is 10.2. The fraction of sp³-hybridized carbons (Fsp3) is 0.632. The molecule has 0 heterocycles. The van der Waals surface area contributed by atoms with Crippen LogP contribution in [0.4, 0.5) is 0 Å². The van der Waals surface area contributed by atoms with E-state index in [1.54, 1.807) is 0 Å². The third-order valence-electron chi connectivity index (χ3n) is 10.2. The molecule has 0 unspecified atom stereocenters. The van der Waals surface area contributed by atoms with Crippen molar-refractivity contribution < 1.29 is 28.6 Å². The van der Waals surface area contributed by atoms with Gasteiger partial charge in [-0.25, -0.2) is 0 Å². The van der Waals surface area contributed by atoms with Gasteiger partial charge in [-0.2, -0.15) is 0 Å². The number of unbranched alkanes of at least 4 members (excludes halogenated alkanes) is 15. The maximum absolute atomic E-state index is 12.8. The number of hydrogen-bond acceptors (Lipinski definition) is 6. The maximum atomic E-state index is 12.8. The predicted octanol–water partition coefficient (Wildman–Crippen LogP) is 16.8. The average molecular weight is 873 g/mol. The van der Waals surface area contributed by atoms with Crippen LogP contribution in [0.1, 0.15) is 213 Å². The Hall–Kier alpha value is -3.93. The Kier molecular flexibility index (Phi) is 47.5. The second kappa shape index (κ2) is 50.7. The Morgan fingerprint density at radius 2 is 0.619 bits per heavy atom. The van der Waals surface area contributed by atoms with Gasteiger partial charge in [-0.1, -0.05) is 182 Å². The van der Waals surface area contributed by atoms with E-state index in [0.717, 1.165) is 141 Å². The predicted molar refractivity (Wildman–Crippen MR) is 270 cm³/mol. The summed E-state index contributed by atoms with van der Waals surface area (Å²) in [6, 6.07) is 0. The monoisotopic (exact) mass is 873 g/mol. The number of carbonyl (C=O) groups is 3. The molecule has 63 heavy (non-hydrogen) atoms. The molecule has 0 radical (unpaired) electrons. The van der Waals surface area contributed by atoms with Gasteiger partial charge in [0.25, 0.3) is 0 Å². The van der Waals surface area contributed by atoms with Crippen LogP contribution >= 0.6 is 0 Å². The van der Waals surface area contributed by atoms with Gasteiger partial charge in [0, 0.05) is 19.3 Å². The molecule has 0 fully saturated rings. The van der Waals surface area contributed by atoms with Gasteiger partial charge in [0.2, 0.25) is 0 Å². The van der Waals surface area contributed by atoms with Gasteiger partial charge in [0.05, 0.1) is 0 Å². The smallest absolute Gasteiger partial charge is 0.306 e. The van der Waals surface area contributed by atoms with Crippen LogP contribution in [-0.2, 0) is 28.6 Å². The van der Waals surface area contributed by atoms with Crippen LogP contribution in [0.15, 0.2) is 109 Å². The molecule has 0 aliphatic carbocycles. The lowest BCUT2D eigenvalue weighted by Crippen LogP contribution is -2.30. The van der Waals surface area contributed by atoms with Gasteiger partial charge in [-0.15, -0.1) is 0 Å². The van der Waals surface area contributed by atoms with Crippen molar-refractivity contribution in [2.24, 2.45) is 0 Å². The number of hydrogen-bond donors (Lipinski definition) is 0. The van der Waals surface area contributed by atoms with Gasteiger partial charge in [-0.05, 0) is 122 Å². The molecule has 0 spiro atoms. The molecule has 0 aliphatic heterocycles. The SMILES string of the molecule is CC/C=C\C/C=C\C/C=C\C/C=C\CCCCC(=O)OC[C@H](COC(=O)CCCCCCC/C=C\C/C=C\CCCCC)OC(=O)CCCCCCC/C=C\C/C=C\C/C=C\CC. The second-order valence-electron chi connectivity index (χ2n) is 16.3. The van der Waals surface area contributed by atoms with Crippen molar-refractivity contribution in [1.82, 2.24) is 0 Å². The first-order valence-corrected chi connectivity index (χ1v) is 25.4. The van der Waals surface area contributed by atoms with E-state index in [1.165, 1.54) is 25.7 Å². The highest BCUT2D eigenvalue weighted by Gasteiger charge is 2.19. The lowest BCUT2D eigenvalue weighted by atomic mass is 10.1. The normalized spacial score (nSPS) is 13.0. The Balaban J connectivity index is 4.53. The van der Waals surface area contributed by atoms with E-state index in [1.807, 2.05) is 0 Å². The fourth-order valence-corrected chi connectivity index (χ4v) is 6.48. The number of rotatable bonds is 44. The molecule has 0 aliphatic rings. The molecule has 1 atom stereocenters. The largest absolute Gasteiger partial charge is 0.462 e. The molecule has 0 N–H and O–H groups in total. The van der Waals surface area contributed by atoms with Gasteiger partial charge in [-0.3, -0.25) is 14.4 Å². The van der Waals surface area contributed by atoms with Crippen LogP contribution in [-0.4, -0.2) is 37.2 Å². The molecule has 0 rings (SSSR count). The summed E-state index contributed by atoms with van der Waals surface area (Å²) >= 11 is 0. The van der Waals surface area contributed by atoms with E-state index >= 15 is 0 Å². The van der Waals surface area contributed by atoms with Crippen molar-refractivity contribution in [1.29, 1.82) is 0 Å². The van der Waals surface area contributed by atoms with Gasteiger partial charge in [0.1, 0.15) is 13.2 Å². The fourth-order valence-electron chi connectivity index (χ4n) is 6.48. The minimum absolute atomic E-state index is 0.108. The number of allylic oxidation sites excluding steroid dienone is 18. The van der Waals surface area contributed by atoms with Gasteiger partial charge < -0.3 is 14.2 Å². The van der Waals surface area contributed by atoms with Crippen LogP contribution in [0, 0.1) is 0 Å². The average Bonchev–Trinajstić information content (AvgIpc) is 3.28. The van der Waals surface area contributed by atoms with Crippen molar-refractivity contribution in [3.05, 3.63) is 109 Å². The Labute approximate surface area is 387 Å². The Morgan fingerprint density at radius 1 is 0.333 bits per heavy atom. The van der Waals surface area contributed by atoms with E-state index in [4.69, 9.17) is 14.2 Å². The third kappa shape index (κ3) is 49.0. The Morgan fingerprint density at radius 3 is 1.00 bits per heavy atom. The van der Waals surface area contributed by atoms with Crippen LogP contribution in [0.25, 0.3) is 0 Å². The topological polar surface area (TPSA) is 78.9 Å². The van der Waals surface area contributed by atoms with Crippen molar-refractivity contribution >= 4 is 17.9 Å². The highest BCUT2D eigenvalue weighted by Crippen LogP contribution is 2.12. The van der Waals surface area contributed by atoms with Crippen LogP contribution < -0.4 is 0 Å². The van der Waals surface area contributed by atoms with Crippen molar-refractivity contribution in [2.45, 2.75) is 219 Å². The van der Waals surface area contributed by atoms with Crippen LogP contribution in [0.2, 0.25) is 0 Å². The minimum Gasteiger partial charge on any atom is -0.462 e. The van der Waals surface area contributed by atoms with Crippen molar-refractivity contribution in [3.63, 3.8) is 0 Å². The summed E-state index contributed by atoms with van der Waals surface area (Å²) in [4.78, 5) is 38.0. The lowest BCUT2D eigenvalue weighted by Gasteiger charge is -2.18. The molecule has 0 amide bonds. The quantitative estimate of drug-likeness (QED) is 0.0263. The van der Waals surface area contributed by atoms with E-state index in [2.05, 4.69) is 130 Å². The highest BCUT2D eigenvalue weighted by atomic mass is 16.6. The second-order valence-corrected chi connectivity index (χ2v) is 16.3. The molecule has 0 saturated carbocycles. The molecule has 0 aromatic carbocycles. The zero-order valence-electron chi connectivity index (χ0n) is 40.5. The molecule has 356 valence electrons. The first kappa shape index (κ1) is 59.1. The van der Waals surface area contributed by atoms with Crippen LogP contribution in [0.3, 0.4) is 0 Å². The maximum Gasteiger partial charge on any atom is 0.306 e. The molecular weight excluding hydrogens is 781 g/mol. The number of esters is 3. The summed E-state index contributed by atoms with van der Waals surface area (Å²) < 4.78 is 16.7. The van der Waals surface area contributed by atoms with Gasteiger partial charge >= 0.3 is 17.9 Å². The van der Waals surface area contributed by atoms with Crippen molar-refractivity contribution in [3.8, 4) is 0 Å². The summed E-state index contributed by atoms with van der Waals surface area (Å²) in [5.74, 6) is -0.987. The van der Waals surface area contributed by atoms with E-state index in [9.17, 15) is 14.4 Å². The zero-order chi connectivity index (χ0) is 45.8. The highest BCUT2D eigenvalue weighted by molar-refractivity contribution is 5.71. The molecule has 0 bridgehead atoms. The molecule has 6 nitrogen and oxygen atoms in total. The summed E-state index contributed by atoms with van der Waals surface area (Å²) in [5, 5.41) is 0. The van der Waals surface area contributed by atoms with Crippen LogP contribution in [0.5, 0.6) is 0 Å². The number of ether oxygens (including phenoxy) is 3. The summed E-state index contributed by atoms with van der Waals surface area (Å²) in [6.07, 6.45) is 67.8. The summed E-state index contributed by atoms with van der Waals surface area (Å²) in [6.45, 7) is 6.30. The van der Waals surface area contributed by atoms with E-state index in [-0.39, 0.29) is 31.1 Å². The number of carbonyl (C=O) groups excluding carboxylic acids is 3. The van der Waals surface area contributed by atoms with Crippen molar-refractivity contribution in [2.75, 3.05) is 13.2 Å². The first-order chi connectivity index (χ1) is 31.0. The first-order valence-electron chi connectivity index (χ1n) is 25.4. The molecule has 0 aromatic rings. The zero-order valence-corrected chi connectivity index (χ0v) is 40.5. The summed E-state index contributed by atoms with van der Waals surface area (Å²) in [5.41, 5.74) is 0. The Bertz CT molecular complexity index is 1330. The molecule has 0 aromatic heterocycles. The van der Waals surface area contributed by atoms with E-state index in [0.29, 0.717) is 25.7 Å². The summed E-state index contributed by atoms with van der Waals surface area (Å²) in [7, 11) is 0. The van der Waals surface area contributed by atoms with Gasteiger partial charge in [0.15, 0.2) is 6.10 Å². The van der Waals surface area contributed by atoms with E-state index < -0.39 is 6.10 Å². The molecule has 6 heteroatoms.